The molecule has 0 aliphatic heterocycles. The minimum Gasteiger partial charge on any atom is -0.393 e. The van der Waals surface area contributed by atoms with Gasteiger partial charge in [-0.1, -0.05) is 60.3 Å². The van der Waals surface area contributed by atoms with Gasteiger partial charge in [-0.15, -0.1) is 0 Å². The third-order valence-corrected chi connectivity index (χ3v) is 11.1. The second kappa shape index (κ2) is 8.48. The van der Waals surface area contributed by atoms with Crippen molar-refractivity contribution in [3.63, 3.8) is 0 Å². The van der Waals surface area contributed by atoms with Gasteiger partial charge < -0.3 is 5.11 Å². The molecule has 1 N–H and O–H groups in total. The standard InChI is InChI=1S/C28H50O/c1-19(2)8-6-9-20(3)24-13-14-25-23-12-11-21-18-22(29)10-7-16-27(21,4)26(23)15-17-28(24,25)5/h19-26,29H,6-18H2,1-5H3/t20-,21+,22+,23-,24-,25-,26-,27+,28-/m1/s1. The molecule has 4 aliphatic rings. The maximum absolute atomic E-state index is 10.4. The Bertz CT molecular complexity index is 555. The summed E-state index contributed by atoms with van der Waals surface area (Å²) in [4.78, 5) is 0. The van der Waals surface area contributed by atoms with Gasteiger partial charge in [0.1, 0.15) is 0 Å². The fourth-order valence-corrected chi connectivity index (χ4v) is 9.50. The van der Waals surface area contributed by atoms with Crippen molar-refractivity contribution in [3.05, 3.63) is 0 Å². The lowest BCUT2D eigenvalue weighted by atomic mass is 9.46. The zero-order valence-electron chi connectivity index (χ0n) is 20.3. The minimum absolute atomic E-state index is 0.0187. The summed E-state index contributed by atoms with van der Waals surface area (Å²) in [6, 6.07) is 0. The molecular formula is C28H50O. The maximum Gasteiger partial charge on any atom is 0.0543 e. The lowest BCUT2D eigenvalue weighted by Gasteiger charge is -2.59. The molecule has 1 nitrogen and oxygen atoms in total. The van der Waals surface area contributed by atoms with Crippen molar-refractivity contribution in [2.45, 2.75) is 124 Å². The normalized spacial score (nSPS) is 48.5. The third-order valence-electron chi connectivity index (χ3n) is 11.1. The second-order valence-corrected chi connectivity index (χ2v) is 13.0. The van der Waals surface area contributed by atoms with E-state index < -0.39 is 0 Å². The van der Waals surface area contributed by atoms with Crippen LogP contribution in [0.3, 0.4) is 0 Å². The third kappa shape index (κ3) is 3.96. The highest BCUT2D eigenvalue weighted by Gasteiger charge is 2.60. The van der Waals surface area contributed by atoms with Crippen molar-refractivity contribution in [2.75, 3.05) is 0 Å². The molecule has 9 atom stereocenters. The topological polar surface area (TPSA) is 20.2 Å². The van der Waals surface area contributed by atoms with Crippen LogP contribution in [0.4, 0.5) is 0 Å². The van der Waals surface area contributed by atoms with Crippen LogP contribution in [0.2, 0.25) is 0 Å². The summed E-state index contributed by atoms with van der Waals surface area (Å²) in [7, 11) is 0. The predicted octanol–water partition coefficient (Wildman–Crippen LogP) is 7.86. The number of aliphatic hydroxyl groups is 1. The summed E-state index contributed by atoms with van der Waals surface area (Å²) in [6.45, 7) is 12.7. The number of hydrogen-bond acceptors (Lipinski definition) is 1. The van der Waals surface area contributed by atoms with Gasteiger partial charge in [0.25, 0.3) is 0 Å². The monoisotopic (exact) mass is 402 g/mol. The predicted molar refractivity (Wildman–Crippen MR) is 124 cm³/mol. The van der Waals surface area contributed by atoms with Crippen LogP contribution in [-0.4, -0.2) is 11.2 Å². The number of fused-ring (bicyclic) bond motifs is 5. The van der Waals surface area contributed by atoms with Crippen LogP contribution in [0.25, 0.3) is 0 Å². The van der Waals surface area contributed by atoms with Gasteiger partial charge in [-0.05, 0) is 110 Å². The molecule has 168 valence electrons. The van der Waals surface area contributed by atoms with Crippen molar-refractivity contribution >= 4 is 0 Å². The summed E-state index contributed by atoms with van der Waals surface area (Å²) >= 11 is 0. The van der Waals surface area contributed by atoms with Crippen LogP contribution in [0.1, 0.15) is 118 Å². The molecule has 29 heavy (non-hydrogen) atoms. The highest BCUT2D eigenvalue weighted by Crippen LogP contribution is 2.68. The van der Waals surface area contributed by atoms with Gasteiger partial charge in [-0.3, -0.25) is 0 Å². The molecule has 0 saturated heterocycles. The van der Waals surface area contributed by atoms with Crippen molar-refractivity contribution < 1.29 is 5.11 Å². The first kappa shape index (κ1) is 22.2. The van der Waals surface area contributed by atoms with Gasteiger partial charge in [-0.25, -0.2) is 0 Å². The molecule has 0 radical (unpaired) electrons. The van der Waals surface area contributed by atoms with Gasteiger partial charge >= 0.3 is 0 Å². The lowest BCUT2D eigenvalue weighted by Crippen LogP contribution is -2.52. The van der Waals surface area contributed by atoms with Crippen molar-refractivity contribution in [3.8, 4) is 0 Å². The van der Waals surface area contributed by atoms with E-state index in [9.17, 15) is 5.11 Å². The number of hydrogen-bond donors (Lipinski definition) is 1. The first-order chi connectivity index (χ1) is 13.8. The van der Waals surface area contributed by atoms with Gasteiger partial charge in [0.2, 0.25) is 0 Å². The summed E-state index contributed by atoms with van der Waals surface area (Å²) in [5, 5.41) is 10.4. The summed E-state index contributed by atoms with van der Waals surface area (Å²) in [5.74, 6) is 6.46. The highest BCUT2D eigenvalue weighted by molar-refractivity contribution is 5.09. The molecule has 1 heteroatoms. The molecule has 0 heterocycles. The van der Waals surface area contributed by atoms with Crippen LogP contribution >= 0.6 is 0 Å². The van der Waals surface area contributed by atoms with E-state index in [0.717, 1.165) is 54.3 Å². The fourth-order valence-electron chi connectivity index (χ4n) is 9.50. The van der Waals surface area contributed by atoms with E-state index in [2.05, 4.69) is 34.6 Å². The number of rotatable bonds is 5. The van der Waals surface area contributed by atoms with E-state index in [-0.39, 0.29) is 6.10 Å². The van der Waals surface area contributed by atoms with Gasteiger partial charge in [0.05, 0.1) is 6.10 Å². The molecule has 4 saturated carbocycles. The van der Waals surface area contributed by atoms with Gasteiger partial charge in [-0.2, -0.15) is 0 Å². The average molecular weight is 403 g/mol. The minimum atomic E-state index is -0.0187. The molecule has 0 unspecified atom stereocenters. The van der Waals surface area contributed by atoms with E-state index in [1.807, 2.05) is 0 Å². The molecular weight excluding hydrogens is 352 g/mol. The molecule has 4 fully saturated rings. The smallest absolute Gasteiger partial charge is 0.0543 e. The molecule has 0 amide bonds. The second-order valence-electron chi connectivity index (χ2n) is 13.0. The number of aliphatic hydroxyl groups excluding tert-OH is 1. The van der Waals surface area contributed by atoms with E-state index in [1.54, 1.807) is 0 Å². The van der Waals surface area contributed by atoms with Gasteiger partial charge in [0, 0.05) is 0 Å². The van der Waals surface area contributed by atoms with Crippen LogP contribution in [0, 0.1) is 52.3 Å². The van der Waals surface area contributed by atoms with Crippen LogP contribution in [0.15, 0.2) is 0 Å². The maximum atomic E-state index is 10.4. The molecule has 0 aromatic heterocycles. The fraction of sp³-hybridized carbons (Fsp3) is 1.00. The Morgan fingerprint density at radius 2 is 1.59 bits per heavy atom. The highest BCUT2D eigenvalue weighted by atomic mass is 16.3. The van der Waals surface area contributed by atoms with E-state index >= 15 is 0 Å². The molecule has 0 bridgehead atoms. The van der Waals surface area contributed by atoms with E-state index in [4.69, 9.17) is 0 Å². The SMILES string of the molecule is CC(C)CCC[C@@H](C)[C@H]1CC[C@@H]2[C@H]3CC[C@H]4C[C@@H](O)CCC[C@]4(C)[C@@H]3CC[C@@]21C. The quantitative estimate of drug-likeness (QED) is 0.496. The Balaban J connectivity index is 1.47. The first-order valence-corrected chi connectivity index (χ1v) is 13.4. The Morgan fingerprint density at radius 1 is 0.828 bits per heavy atom. The molecule has 0 spiro atoms. The Hall–Kier alpha value is -0.0400. The van der Waals surface area contributed by atoms with E-state index in [1.165, 1.54) is 70.6 Å². The first-order valence-electron chi connectivity index (χ1n) is 13.4. The summed E-state index contributed by atoms with van der Waals surface area (Å²) in [6.07, 6.45) is 17.9. The molecule has 0 aromatic rings. The molecule has 4 aliphatic carbocycles. The van der Waals surface area contributed by atoms with Crippen LogP contribution in [-0.2, 0) is 0 Å². The largest absolute Gasteiger partial charge is 0.393 e. The van der Waals surface area contributed by atoms with Crippen molar-refractivity contribution in [1.29, 1.82) is 0 Å². The zero-order valence-corrected chi connectivity index (χ0v) is 20.3. The molecule has 4 rings (SSSR count). The average Bonchev–Trinajstić information content (AvgIpc) is 2.92. The lowest BCUT2D eigenvalue weighted by molar-refractivity contribution is -0.106. The van der Waals surface area contributed by atoms with E-state index in [0.29, 0.717) is 10.8 Å². The van der Waals surface area contributed by atoms with Crippen molar-refractivity contribution in [2.24, 2.45) is 52.3 Å². The Morgan fingerprint density at radius 3 is 2.34 bits per heavy atom. The zero-order chi connectivity index (χ0) is 20.8. The Labute approximate surface area is 181 Å². The van der Waals surface area contributed by atoms with Crippen molar-refractivity contribution in [1.82, 2.24) is 0 Å². The Kier molecular flexibility index (Phi) is 6.48. The molecule has 0 aromatic carbocycles. The summed E-state index contributed by atoms with van der Waals surface area (Å²) < 4.78 is 0. The van der Waals surface area contributed by atoms with Crippen LogP contribution in [0.5, 0.6) is 0 Å². The summed E-state index contributed by atoms with van der Waals surface area (Å²) in [5.41, 5.74) is 1.13. The van der Waals surface area contributed by atoms with Crippen LogP contribution < -0.4 is 0 Å². The van der Waals surface area contributed by atoms with Gasteiger partial charge in [0.15, 0.2) is 0 Å².